The van der Waals surface area contributed by atoms with Gasteiger partial charge in [-0.2, -0.15) is 15.0 Å². The summed E-state index contributed by atoms with van der Waals surface area (Å²) < 4.78 is 13.9. The molecule has 2 atom stereocenters. The third-order valence-corrected chi connectivity index (χ3v) is 5.32. The van der Waals surface area contributed by atoms with Crippen LogP contribution in [0.4, 0.5) is 4.39 Å². The molecular weight excluding hydrogens is 353 g/mol. The van der Waals surface area contributed by atoms with E-state index in [2.05, 4.69) is 27.0 Å². The summed E-state index contributed by atoms with van der Waals surface area (Å²) in [4.78, 5) is 1.45. The van der Waals surface area contributed by atoms with Crippen LogP contribution < -0.4 is 0 Å². The van der Waals surface area contributed by atoms with Crippen LogP contribution >= 0.6 is 11.3 Å². The van der Waals surface area contributed by atoms with Gasteiger partial charge in [0, 0.05) is 12.0 Å². The molecule has 0 saturated heterocycles. The molecule has 4 rings (SSSR count). The molecule has 0 aliphatic heterocycles. The van der Waals surface area contributed by atoms with E-state index in [4.69, 9.17) is 0 Å². The molecule has 6 nitrogen and oxygen atoms in total. The summed E-state index contributed by atoms with van der Waals surface area (Å²) >= 11 is 1.29. The Kier molecular flexibility index (Phi) is 4.12. The Morgan fingerprint density at radius 1 is 1.38 bits per heavy atom. The molecule has 2 aromatic heterocycles. The predicted octanol–water partition coefficient (Wildman–Crippen LogP) is 3.73. The summed E-state index contributed by atoms with van der Waals surface area (Å²) in [5.74, 6) is -0.238. The molecular formula is C18H16FN5OS. The van der Waals surface area contributed by atoms with Crippen LogP contribution in [-0.4, -0.2) is 36.5 Å². The van der Waals surface area contributed by atoms with Crippen molar-refractivity contribution in [1.29, 1.82) is 0 Å². The number of nitrogens with zero attached hydrogens (tertiary/aromatic N) is 5. The number of aryl methyl sites for hydroxylation is 1. The highest BCUT2D eigenvalue weighted by atomic mass is 32.1. The molecule has 0 fully saturated rings. The van der Waals surface area contributed by atoms with Crippen molar-refractivity contribution in [3.05, 3.63) is 53.8 Å². The summed E-state index contributed by atoms with van der Waals surface area (Å²) in [5, 5.41) is 28.1. The highest BCUT2D eigenvalue weighted by Gasteiger charge is 2.27. The van der Waals surface area contributed by atoms with E-state index in [1.165, 1.54) is 16.1 Å². The maximum absolute atomic E-state index is 13.9. The first-order valence-corrected chi connectivity index (χ1v) is 8.90. The summed E-state index contributed by atoms with van der Waals surface area (Å²) in [7, 11) is 0. The number of hydrogen-bond donors (Lipinski definition) is 1. The number of alkyl halides is 1. The van der Waals surface area contributed by atoms with Crippen LogP contribution in [-0.2, 0) is 0 Å². The van der Waals surface area contributed by atoms with E-state index in [1.54, 1.807) is 30.5 Å². The zero-order valence-corrected chi connectivity index (χ0v) is 14.8. The number of benzene rings is 1. The molecule has 0 unspecified atom stereocenters. The Balaban J connectivity index is 1.60. The first-order chi connectivity index (χ1) is 12.5. The van der Waals surface area contributed by atoms with Gasteiger partial charge in [0.2, 0.25) is 0 Å². The zero-order valence-electron chi connectivity index (χ0n) is 14.0. The fraction of sp³-hybridized carbons (Fsp3) is 0.222. The highest BCUT2D eigenvalue weighted by molar-refractivity contribution is 7.15. The molecule has 1 aromatic carbocycles. The molecule has 0 amide bonds. The van der Waals surface area contributed by atoms with Gasteiger partial charge in [-0.05, 0) is 31.1 Å². The largest absolute Gasteiger partial charge is 0.507 e. The van der Waals surface area contributed by atoms with E-state index >= 15 is 0 Å². The highest BCUT2D eigenvalue weighted by Crippen LogP contribution is 2.38. The van der Waals surface area contributed by atoms with Gasteiger partial charge in [0.15, 0.2) is 5.01 Å². The molecule has 0 bridgehead atoms. The Hall–Kier alpha value is -2.87. The lowest BCUT2D eigenvalue weighted by atomic mass is 9.97. The number of rotatable bonds is 4. The van der Waals surface area contributed by atoms with Crippen molar-refractivity contribution >= 4 is 16.9 Å². The van der Waals surface area contributed by atoms with Crippen molar-refractivity contribution in [3.63, 3.8) is 0 Å². The number of phenols is 1. The average Bonchev–Trinajstić information content (AvgIpc) is 3.35. The predicted molar refractivity (Wildman–Crippen MR) is 97.8 cm³/mol. The number of aromatic nitrogens is 5. The van der Waals surface area contributed by atoms with Crippen LogP contribution in [0.1, 0.15) is 17.1 Å². The molecule has 1 N–H and O–H groups in total. The van der Waals surface area contributed by atoms with Crippen LogP contribution in [0.15, 0.2) is 43.1 Å². The van der Waals surface area contributed by atoms with Crippen molar-refractivity contribution in [1.82, 2.24) is 25.2 Å². The van der Waals surface area contributed by atoms with E-state index in [0.717, 1.165) is 5.69 Å². The van der Waals surface area contributed by atoms with Gasteiger partial charge in [-0.3, -0.25) is 0 Å². The lowest BCUT2D eigenvalue weighted by Gasteiger charge is -2.12. The van der Waals surface area contributed by atoms with Crippen LogP contribution in [0.5, 0.6) is 5.75 Å². The fourth-order valence-corrected chi connectivity index (χ4v) is 3.77. The quantitative estimate of drug-likeness (QED) is 0.709. The standard InChI is InChI=1S/C18H16FN5OS/c1-10-9-20-24(23-10)12-6-7-14(16(25)8-12)18-22-21-17(26-18)11(2)13-4-3-5-15(13)19/h3,5-9,13,15,25H,2,4H2,1H3/t13-,15+/m1/s1. The molecule has 8 heteroatoms. The van der Waals surface area contributed by atoms with Gasteiger partial charge in [0.25, 0.3) is 0 Å². The van der Waals surface area contributed by atoms with Crippen LogP contribution in [0.3, 0.4) is 0 Å². The van der Waals surface area contributed by atoms with Crippen molar-refractivity contribution in [2.24, 2.45) is 5.92 Å². The molecule has 1 aliphatic carbocycles. The van der Waals surface area contributed by atoms with Crippen LogP contribution in [0, 0.1) is 12.8 Å². The number of allylic oxidation sites excluding steroid dienone is 3. The number of aromatic hydroxyl groups is 1. The maximum Gasteiger partial charge on any atom is 0.151 e. The minimum Gasteiger partial charge on any atom is -0.507 e. The summed E-state index contributed by atoms with van der Waals surface area (Å²) in [6.45, 7) is 5.83. The van der Waals surface area contributed by atoms with E-state index in [-0.39, 0.29) is 11.7 Å². The number of halogens is 1. The molecule has 3 aromatic rings. The van der Waals surface area contributed by atoms with E-state index < -0.39 is 6.17 Å². The van der Waals surface area contributed by atoms with Gasteiger partial charge in [-0.1, -0.05) is 30.1 Å². The minimum absolute atomic E-state index is 0.0525. The van der Waals surface area contributed by atoms with Crippen molar-refractivity contribution in [3.8, 4) is 22.0 Å². The van der Waals surface area contributed by atoms with Gasteiger partial charge in [0.1, 0.15) is 16.9 Å². The van der Waals surface area contributed by atoms with Crippen LogP contribution in [0.2, 0.25) is 0 Å². The minimum atomic E-state index is -1.03. The Labute approximate surface area is 153 Å². The zero-order chi connectivity index (χ0) is 18.3. The second-order valence-electron chi connectivity index (χ2n) is 6.13. The molecule has 1 aliphatic rings. The number of hydrogen-bond acceptors (Lipinski definition) is 6. The molecule has 132 valence electrons. The maximum atomic E-state index is 13.9. The van der Waals surface area contributed by atoms with Crippen molar-refractivity contribution in [2.75, 3.05) is 0 Å². The second-order valence-corrected chi connectivity index (χ2v) is 7.11. The molecule has 2 heterocycles. The van der Waals surface area contributed by atoms with Gasteiger partial charge in [-0.25, -0.2) is 4.39 Å². The Morgan fingerprint density at radius 2 is 2.23 bits per heavy atom. The average molecular weight is 369 g/mol. The summed E-state index contributed by atoms with van der Waals surface area (Å²) in [5.41, 5.74) is 2.62. The van der Waals surface area contributed by atoms with Gasteiger partial charge in [0.05, 0.1) is 23.1 Å². The van der Waals surface area contributed by atoms with E-state index in [9.17, 15) is 9.50 Å². The van der Waals surface area contributed by atoms with Crippen molar-refractivity contribution in [2.45, 2.75) is 19.5 Å². The van der Waals surface area contributed by atoms with Crippen molar-refractivity contribution < 1.29 is 9.50 Å². The summed E-state index contributed by atoms with van der Waals surface area (Å²) in [6.07, 6.45) is 4.59. The molecule has 0 saturated carbocycles. The smallest absolute Gasteiger partial charge is 0.151 e. The first-order valence-electron chi connectivity index (χ1n) is 8.09. The van der Waals surface area contributed by atoms with Gasteiger partial charge >= 0.3 is 0 Å². The van der Waals surface area contributed by atoms with Gasteiger partial charge in [-0.15, -0.1) is 10.2 Å². The fourth-order valence-electron chi connectivity index (χ4n) is 2.86. The normalized spacial score (nSPS) is 19.2. The first kappa shape index (κ1) is 16.6. The summed E-state index contributed by atoms with van der Waals surface area (Å²) in [6, 6.07) is 5.11. The molecule has 26 heavy (non-hydrogen) atoms. The third kappa shape index (κ3) is 2.92. The van der Waals surface area contributed by atoms with E-state index in [0.29, 0.717) is 33.3 Å². The van der Waals surface area contributed by atoms with Crippen LogP contribution in [0.25, 0.3) is 21.8 Å². The SMILES string of the molecule is C=C(c1nnc(-c2ccc(-n3ncc(C)n3)cc2O)s1)[C@H]1CC=C[C@@H]1F. The molecule has 0 radical (unpaired) electrons. The monoisotopic (exact) mass is 369 g/mol. The molecule has 0 spiro atoms. The number of phenolic OH excluding ortho intramolecular Hbond substituents is 1. The van der Waals surface area contributed by atoms with E-state index in [1.807, 2.05) is 13.0 Å². The lowest BCUT2D eigenvalue weighted by Crippen LogP contribution is -2.09. The topological polar surface area (TPSA) is 76.7 Å². The lowest BCUT2D eigenvalue weighted by molar-refractivity contribution is 0.347. The second kappa shape index (κ2) is 6.45. The Bertz CT molecular complexity index is 1010. The third-order valence-electron chi connectivity index (χ3n) is 4.29. The van der Waals surface area contributed by atoms with Gasteiger partial charge < -0.3 is 5.11 Å². The Morgan fingerprint density at radius 3 is 2.88 bits per heavy atom.